The zero-order valence-electron chi connectivity index (χ0n) is 24.6. The lowest BCUT2D eigenvalue weighted by Crippen LogP contribution is -2.49. The van der Waals surface area contributed by atoms with Crippen LogP contribution in [0.5, 0.6) is 17.2 Å². The summed E-state index contributed by atoms with van der Waals surface area (Å²) in [4.78, 5) is 0. The molecule has 0 aliphatic carbocycles. The largest absolute Gasteiger partial charge is 0.506 e. The van der Waals surface area contributed by atoms with Gasteiger partial charge in [0.05, 0.1) is 51.4 Å². The van der Waals surface area contributed by atoms with E-state index in [0.29, 0.717) is 58.4 Å². The number of anilines is 1. The van der Waals surface area contributed by atoms with Crippen LogP contribution >= 0.6 is 0 Å². The Balaban J connectivity index is 1.25. The summed E-state index contributed by atoms with van der Waals surface area (Å²) in [5, 5.41) is 27.6. The first kappa shape index (κ1) is 31.6. The van der Waals surface area contributed by atoms with E-state index in [9.17, 15) is 10.2 Å². The zero-order chi connectivity index (χ0) is 29.6. The van der Waals surface area contributed by atoms with Gasteiger partial charge in [-0.2, -0.15) is 0 Å². The average Bonchev–Trinajstić information content (AvgIpc) is 3.01. The van der Waals surface area contributed by atoms with E-state index in [1.54, 1.807) is 20.3 Å². The molecular formula is C33H44N2O7. The number of aromatic hydroxyl groups is 1. The average molecular weight is 581 g/mol. The van der Waals surface area contributed by atoms with Gasteiger partial charge in [-0.25, -0.2) is 0 Å². The molecule has 4 N–H and O–H groups in total. The molecule has 42 heavy (non-hydrogen) atoms. The molecule has 1 saturated heterocycles. The summed E-state index contributed by atoms with van der Waals surface area (Å²) >= 11 is 0. The number of nitrogens with one attached hydrogen (secondary N) is 2. The SMILES string of the molecule is COCCCNc1cc(CO[C@H]2CNC[C@@H](O)[C@@H]2c2ccc(OCCCOCc3ccccc3OC)cc2)ccc1O. The highest BCUT2D eigenvalue weighted by Crippen LogP contribution is 2.31. The van der Waals surface area contributed by atoms with Gasteiger partial charge in [0.1, 0.15) is 17.2 Å². The number of hydrogen-bond donors (Lipinski definition) is 4. The first-order chi connectivity index (χ1) is 20.6. The van der Waals surface area contributed by atoms with Crippen LogP contribution in [0.25, 0.3) is 0 Å². The topological polar surface area (TPSA) is 111 Å². The van der Waals surface area contributed by atoms with Gasteiger partial charge in [-0.05, 0) is 47.9 Å². The number of piperidine rings is 1. The molecule has 0 bridgehead atoms. The Morgan fingerprint density at radius 3 is 2.55 bits per heavy atom. The predicted molar refractivity (Wildman–Crippen MR) is 162 cm³/mol. The second-order valence-electron chi connectivity index (χ2n) is 10.4. The zero-order valence-corrected chi connectivity index (χ0v) is 24.6. The van der Waals surface area contributed by atoms with E-state index in [2.05, 4.69) is 10.6 Å². The monoisotopic (exact) mass is 580 g/mol. The van der Waals surface area contributed by atoms with Gasteiger partial charge >= 0.3 is 0 Å². The molecular weight excluding hydrogens is 536 g/mol. The van der Waals surface area contributed by atoms with Crippen LogP contribution in [0.1, 0.15) is 35.4 Å². The van der Waals surface area contributed by atoms with Crippen molar-refractivity contribution in [2.45, 2.75) is 44.2 Å². The van der Waals surface area contributed by atoms with Gasteiger partial charge < -0.3 is 44.5 Å². The Hall–Kier alpha value is -3.34. The van der Waals surface area contributed by atoms with Crippen molar-refractivity contribution in [3.63, 3.8) is 0 Å². The Morgan fingerprint density at radius 2 is 1.74 bits per heavy atom. The molecule has 1 aliphatic heterocycles. The second kappa shape index (κ2) is 16.9. The second-order valence-corrected chi connectivity index (χ2v) is 10.4. The summed E-state index contributed by atoms with van der Waals surface area (Å²) in [5.41, 5.74) is 3.64. The summed E-state index contributed by atoms with van der Waals surface area (Å²) in [5.74, 6) is 1.63. The van der Waals surface area contributed by atoms with Crippen LogP contribution in [0.4, 0.5) is 5.69 Å². The van der Waals surface area contributed by atoms with E-state index in [4.69, 9.17) is 23.7 Å². The number of ether oxygens (including phenoxy) is 5. The maximum absolute atomic E-state index is 10.9. The number of benzene rings is 3. The minimum absolute atomic E-state index is 0.174. The number of β-amino-alcohol motifs (C(OH)–C–C–N with tert-alkyl or cyclic N) is 1. The van der Waals surface area contributed by atoms with Crippen molar-refractivity contribution < 1.29 is 33.9 Å². The van der Waals surface area contributed by atoms with Crippen molar-refractivity contribution in [2.24, 2.45) is 0 Å². The molecule has 0 amide bonds. The number of rotatable bonds is 17. The van der Waals surface area contributed by atoms with Crippen LogP contribution in [-0.4, -0.2) is 76.1 Å². The highest BCUT2D eigenvalue weighted by atomic mass is 16.5. The Labute approximate surface area is 248 Å². The molecule has 3 aromatic rings. The number of para-hydroxylation sites is 1. The van der Waals surface area contributed by atoms with Crippen LogP contribution < -0.4 is 20.1 Å². The van der Waals surface area contributed by atoms with E-state index < -0.39 is 6.10 Å². The lowest BCUT2D eigenvalue weighted by molar-refractivity contribution is -0.0328. The van der Waals surface area contributed by atoms with Crippen molar-refractivity contribution in [2.75, 3.05) is 59.0 Å². The summed E-state index contributed by atoms with van der Waals surface area (Å²) in [7, 11) is 3.33. The van der Waals surface area contributed by atoms with E-state index >= 15 is 0 Å². The third-order valence-corrected chi connectivity index (χ3v) is 7.30. The number of hydrogen-bond acceptors (Lipinski definition) is 9. The van der Waals surface area contributed by atoms with E-state index in [-0.39, 0.29) is 17.8 Å². The van der Waals surface area contributed by atoms with Gasteiger partial charge in [0, 0.05) is 51.3 Å². The maximum atomic E-state index is 10.9. The van der Waals surface area contributed by atoms with Gasteiger partial charge in [-0.3, -0.25) is 0 Å². The highest BCUT2D eigenvalue weighted by molar-refractivity contribution is 5.57. The minimum Gasteiger partial charge on any atom is -0.506 e. The standard InChI is InChI=1S/C33H44N2O7/c1-38-16-5-15-35-28-19-24(9-14-29(28)36)22-42-32-21-34-20-30(37)33(32)25-10-12-27(13-11-25)41-18-6-17-40-23-26-7-3-4-8-31(26)39-2/h3-4,7-14,19,30,32-37H,5-6,15-18,20-23H2,1-2H3/t30-,32+,33+/m1/s1. The smallest absolute Gasteiger partial charge is 0.138 e. The van der Waals surface area contributed by atoms with Gasteiger partial charge in [-0.1, -0.05) is 36.4 Å². The predicted octanol–water partition coefficient (Wildman–Crippen LogP) is 4.47. The quantitative estimate of drug-likeness (QED) is 0.136. The molecule has 9 heteroatoms. The molecule has 3 atom stereocenters. The van der Waals surface area contributed by atoms with E-state index in [1.165, 1.54) is 0 Å². The molecule has 1 heterocycles. The molecule has 0 aromatic heterocycles. The molecule has 0 saturated carbocycles. The number of aliphatic hydroxyl groups is 1. The molecule has 1 aliphatic rings. The Bertz CT molecular complexity index is 1210. The number of phenols is 1. The molecule has 9 nitrogen and oxygen atoms in total. The fraction of sp³-hybridized carbons (Fsp3) is 0.455. The minimum atomic E-state index is -0.575. The van der Waals surface area contributed by atoms with Crippen LogP contribution in [0, 0.1) is 0 Å². The van der Waals surface area contributed by atoms with Crippen LogP contribution in [0.3, 0.4) is 0 Å². The van der Waals surface area contributed by atoms with Crippen molar-refractivity contribution >= 4 is 5.69 Å². The molecule has 0 spiro atoms. The third-order valence-electron chi connectivity index (χ3n) is 7.30. The molecule has 0 radical (unpaired) electrons. The Kier molecular flexibility index (Phi) is 12.7. The lowest BCUT2D eigenvalue weighted by atomic mass is 9.85. The number of phenolic OH excluding ortho intramolecular Hbond substituents is 1. The summed E-state index contributed by atoms with van der Waals surface area (Å²) in [6, 6.07) is 21.2. The Morgan fingerprint density at radius 1 is 0.905 bits per heavy atom. The maximum Gasteiger partial charge on any atom is 0.138 e. The molecule has 4 rings (SSSR count). The van der Waals surface area contributed by atoms with Crippen LogP contribution in [-0.2, 0) is 27.4 Å². The van der Waals surface area contributed by atoms with E-state index in [1.807, 2.05) is 60.7 Å². The number of methoxy groups -OCH3 is 2. The van der Waals surface area contributed by atoms with Crippen molar-refractivity contribution in [3.8, 4) is 17.2 Å². The third kappa shape index (κ3) is 9.34. The van der Waals surface area contributed by atoms with Gasteiger partial charge in [0.25, 0.3) is 0 Å². The molecule has 3 aromatic carbocycles. The summed E-state index contributed by atoms with van der Waals surface area (Å²) < 4.78 is 28.5. The van der Waals surface area contributed by atoms with Gasteiger partial charge in [-0.15, -0.1) is 0 Å². The van der Waals surface area contributed by atoms with E-state index in [0.717, 1.165) is 41.0 Å². The first-order valence-corrected chi connectivity index (χ1v) is 14.6. The first-order valence-electron chi connectivity index (χ1n) is 14.6. The highest BCUT2D eigenvalue weighted by Gasteiger charge is 2.34. The van der Waals surface area contributed by atoms with Gasteiger partial charge in [0.15, 0.2) is 0 Å². The van der Waals surface area contributed by atoms with Gasteiger partial charge in [0.2, 0.25) is 0 Å². The van der Waals surface area contributed by atoms with Crippen LogP contribution in [0.2, 0.25) is 0 Å². The summed E-state index contributed by atoms with van der Waals surface area (Å²) in [6.07, 6.45) is 0.815. The number of aliphatic hydroxyl groups excluding tert-OH is 1. The van der Waals surface area contributed by atoms with Crippen molar-refractivity contribution in [3.05, 3.63) is 83.4 Å². The summed E-state index contributed by atoms with van der Waals surface area (Å²) in [6.45, 7) is 4.49. The van der Waals surface area contributed by atoms with Crippen molar-refractivity contribution in [1.29, 1.82) is 0 Å². The molecule has 1 fully saturated rings. The molecule has 228 valence electrons. The van der Waals surface area contributed by atoms with Crippen molar-refractivity contribution in [1.82, 2.24) is 5.32 Å². The van der Waals surface area contributed by atoms with Crippen LogP contribution in [0.15, 0.2) is 66.7 Å². The lowest BCUT2D eigenvalue weighted by Gasteiger charge is -2.36. The fourth-order valence-corrected chi connectivity index (χ4v) is 5.07. The molecule has 0 unspecified atom stereocenters. The fourth-order valence-electron chi connectivity index (χ4n) is 5.07. The normalized spacial score (nSPS) is 18.5.